The number of aryl methyl sites for hydroxylation is 1. The summed E-state index contributed by atoms with van der Waals surface area (Å²) in [7, 11) is 0. The van der Waals surface area contributed by atoms with E-state index < -0.39 is 0 Å². The Balaban J connectivity index is 1.79. The maximum absolute atomic E-state index is 5.40. The summed E-state index contributed by atoms with van der Waals surface area (Å²) in [6, 6.07) is 4.00. The number of ether oxygens (including phenoxy) is 1. The highest BCUT2D eigenvalue weighted by Crippen LogP contribution is 2.15. The third kappa shape index (κ3) is 2.83. The van der Waals surface area contributed by atoms with E-state index in [1.165, 1.54) is 0 Å². The average Bonchev–Trinajstić information content (AvgIpc) is 2.84. The first-order valence-corrected chi connectivity index (χ1v) is 7.48. The number of hydrogen-bond donors (Lipinski definition) is 0. The molecule has 1 saturated heterocycles. The second kappa shape index (κ2) is 6.33. The van der Waals surface area contributed by atoms with Crippen LogP contribution in [0.1, 0.15) is 19.2 Å². The van der Waals surface area contributed by atoms with Gasteiger partial charge in [-0.25, -0.2) is 9.97 Å². The molecule has 1 fully saturated rings. The van der Waals surface area contributed by atoms with Crippen molar-refractivity contribution in [2.45, 2.75) is 26.3 Å². The lowest BCUT2D eigenvalue weighted by atomic mass is 10.3. The van der Waals surface area contributed by atoms with Gasteiger partial charge in [0.05, 0.1) is 13.2 Å². The first kappa shape index (κ1) is 13.5. The Labute approximate surface area is 119 Å². The molecule has 0 bridgehead atoms. The molecule has 0 radical (unpaired) electrons. The van der Waals surface area contributed by atoms with Gasteiger partial charge in [-0.3, -0.25) is 4.90 Å². The second-order valence-electron chi connectivity index (χ2n) is 5.23. The molecule has 5 heteroatoms. The van der Waals surface area contributed by atoms with Gasteiger partial charge in [-0.15, -0.1) is 0 Å². The summed E-state index contributed by atoms with van der Waals surface area (Å²) in [5.41, 5.74) is 2.03. The molecule has 0 aromatic carbocycles. The van der Waals surface area contributed by atoms with Crippen LogP contribution in [0.2, 0.25) is 0 Å². The molecule has 108 valence electrons. The molecule has 0 saturated carbocycles. The average molecular weight is 274 g/mol. The minimum atomic E-state index is 0.852. The Bertz CT molecular complexity index is 560. The third-order valence-corrected chi connectivity index (χ3v) is 3.80. The van der Waals surface area contributed by atoms with Crippen LogP contribution in [0.4, 0.5) is 0 Å². The maximum Gasteiger partial charge on any atom is 0.160 e. The lowest BCUT2D eigenvalue weighted by Gasteiger charge is -2.26. The SMILES string of the molecule is CCCc1nc2cccnc2n1CCN1CCOCC1. The van der Waals surface area contributed by atoms with Crippen LogP contribution in [0, 0.1) is 0 Å². The zero-order valence-corrected chi connectivity index (χ0v) is 12.1. The number of fused-ring (bicyclic) bond motifs is 1. The number of nitrogens with zero attached hydrogens (tertiary/aromatic N) is 4. The normalized spacial score (nSPS) is 16.9. The minimum Gasteiger partial charge on any atom is -0.379 e. The van der Waals surface area contributed by atoms with Crippen molar-refractivity contribution in [2.24, 2.45) is 0 Å². The summed E-state index contributed by atoms with van der Waals surface area (Å²) >= 11 is 0. The van der Waals surface area contributed by atoms with Crippen LogP contribution in [0.25, 0.3) is 11.2 Å². The number of morpholine rings is 1. The van der Waals surface area contributed by atoms with Crippen molar-refractivity contribution in [3.8, 4) is 0 Å². The van der Waals surface area contributed by atoms with E-state index in [0.29, 0.717) is 0 Å². The highest BCUT2D eigenvalue weighted by atomic mass is 16.5. The molecule has 0 unspecified atom stereocenters. The van der Waals surface area contributed by atoms with Gasteiger partial charge in [0.15, 0.2) is 5.65 Å². The maximum atomic E-state index is 5.40. The molecule has 0 spiro atoms. The number of rotatable bonds is 5. The van der Waals surface area contributed by atoms with E-state index in [9.17, 15) is 0 Å². The van der Waals surface area contributed by atoms with Gasteiger partial charge in [0.2, 0.25) is 0 Å². The molecule has 1 aliphatic heterocycles. The van der Waals surface area contributed by atoms with Crippen LogP contribution in [0.3, 0.4) is 0 Å². The van der Waals surface area contributed by atoms with Gasteiger partial charge >= 0.3 is 0 Å². The van der Waals surface area contributed by atoms with Gasteiger partial charge in [-0.2, -0.15) is 0 Å². The molecule has 20 heavy (non-hydrogen) atoms. The molecule has 5 nitrogen and oxygen atoms in total. The highest BCUT2D eigenvalue weighted by Gasteiger charge is 2.14. The van der Waals surface area contributed by atoms with Crippen LogP contribution < -0.4 is 0 Å². The third-order valence-electron chi connectivity index (χ3n) is 3.80. The summed E-state index contributed by atoms with van der Waals surface area (Å²) in [5, 5.41) is 0. The number of imidazole rings is 1. The minimum absolute atomic E-state index is 0.852. The molecule has 3 heterocycles. The lowest BCUT2D eigenvalue weighted by molar-refractivity contribution is 0.0364. The smallest absolute Gasteiger partial charge is 0.160 e. The van der Waals surface area contributed by atoms with E-state index >= 15 is 0 Å². The van der Waals surface area contributed by atoms with E-state index in [0.717, 1.165) is 69.2 Å². The van der Waals surface area contributed by atoms with Gasteiger partial charge in [-0.05, 0) is 18.6 Å². The fraction of sp³-hybridized carbons (Fsp3) is 0.600. The number of pyridine rings is 1. The van der Waals surface area contributed by atoms with E-state index in [1.807, 2.05) is 18.3 Å². The molecule has 3 rings (SSSR count). The summed E-state index contributed by atoms with van der Waals surface area (Å²) in [6.45, 7) is 7.96. The Kier molecular flexibility index (Phi) is 4.28. The second-order valence-corrected chi connectivity index (χ2v) is 5.23. The highest BCUT2D eigenvalue weighted by molar-refractivity contribution is 5.71. The van der Waals surface area contributed by atoms with Crippen molar-refractivity contribution in [1.82, 2.24) is 19.4 Å². The van der Waals surface area contributed by atoms with Gasteiger partial charge in [0, 0.05) is 38.8 Å². The van der Waals surface area contributed by atoms with E-state index in [-0.39, 0.29) is 0 Å². The fourth-order valence-electron chi connectivity index (χ4n) is 2.72. The Morgan fingerprint density at radius 3 is 2.90 bits per heavy atom. The summed E-state index contributed by atoms with van der Waals surface area (Å²) in [5.74, 6) is 1.16. The zero-order chi connectivity index (χ0) is 13.8. The molecule has 2 aromatic heterocycles. The molecule has 1 aliphatic rings. The van der Waals surface area contributed by atoms with Gasteiger partial charge in [0.1, 0.15) is 11.3 Å². The van der Waals surface area contributed by atoms with E-state index in [2.05, 4.69) is 21.4 Å². The predicted octanol–water partition coefficient (Wildman–Crippen LogP) is 1.72. The van der Waals surface area contributed by atoms with Crippen molar-refractivity contribution in [2.75, 3.05) is 32.8 Å². The predicted molar refractivity (Wildman–Crippen MR) is 78.8 cm³/mol. The van der Waals surface area contributed by atoms with Crippen molar-refractivity contribution in [1.29, 1.82) is 0 Å². The van der Waals surface area contributed by atoms with Crippen molar-refractivity contribution in [3.05, 3.63) is 24.2 Å². The quantitative estimate of drug-likeness (QED) is 0.832. The zero-order valence-electron chi connectivity index (χ0n) is 12.1. The molecule has 0 amide bonds. The Morgan fingerprint density at radius 2 is 2.10 bits per heavy atom. The molecule has 0 aliphatic carbocycles. The van der Waals surface area contributed by atoms with Crippen LogP contribution >= 0.6 is 0 Å². The molecule has 2 aromatic rings. The van der Waals surface area contributed by atoms with Crippen LogP contribution in [0.15, 0.2) is 18.3 Å². The molecular weight excluding hydrogens is 252 g/mol. The lowest BCUT2D eigenvalue weighted by Crippen LogP contribution is -2.38. The molecule has 0 N–H and O–H groups in total. The number of hydrogen-bond acceptors (Lipinski definition) is 4. The van der Waals surface area contributed by atoms with Gasteiger partial charge < -0.3 is 9.30 Å². The van der Waals surface area contributed by atoms with Crippen molar-refractivity contribution in [3.63, 3.8) is 0 Å². The van der Waals surface area contributed by atoms with Gasteiger partial charge in [0.25, 0.3) is 0 Å². The van der Waals surface area contributed by atoms with E-state index in [1.54, 1.807) is 0 Å². The summed E-state index contributed by atoms with van der Waals surface area (Å²) < 4.78 is 7.68. The summed E-state index contributed by atoms with van der Waals surface area (Å²) in [6.07, 6.45) is 3.98. The Morgan fingerprint density at radius 1 is 1.25 bits per heavy atom. The van der Waals surface area contributed by atoms with Gasteiger partial charge in [-0.1, -0.05) is 6.92 Å². The molecular formula is C15H22N4O. The topological polar surface area (TPSA) is 43.2 Å². The van der Waals surface area contributed by atoms with Crippen LogP contribution in [-0.2, 0) is 17.7 Å². The van der Waals surface area contributed by atoms with Crippen LogP contribution in [0.5, 0.6) is 0 Å². The largest absolute Gasteiger partial charge is 0.379 e. The van der Waals surface area contributed by atoms with E-state index in [4.69, 9.17) is 9.72 Å². The van der Waals surface area contributed by atoms with Crippen molar-refractivity contribution < 1.29 is 4.74 Å². The molecule has 0 atom stereocenters. The number of aromatic nitrogens is 3. The fourth-order valence-corrected chi connectivity index (χ4v) is 2.72. The first-order chi connectivity index (χ1) is 9.88. The first-order valence-electron chi connectivity index (χ1n) is 7.48. The monoisotopic (exact) mass is 274 g/mol. The van der Waals surface area contributed by atoms with Crippen molar-refractivity contribution >= 4 is 11.2 Å². The Hall–Kier alpha value is -1.46. The van der Waals surface area contributed by atoms with Crippen LogP contribution in [-0.4, -0.2) is 52.3 Å². The standard InChI is InChI=1S/C15H22N4O/c1-2-4-14-17-13-5-3-6-16-15(13)19(14)8-7-18-9-11-20-12-10-18/h3,5-6H,2,4,7-12H2,1H3. The summed E-state index contributed by atoms with van der Waals surface area (Å²) in [4.78, 5) is 11.7.